The second kappa shape index (κ2) is 7.57. The van der Waals surface area contributed by atoms with Crippen LogP contribution in [0, 0.1) is 24.4 Å². The lowest BCUT2D eigenvalue weighted by molar-refractivity contribution is -0.123. The highest BCUT2D eigenvalue weighted by atomic mass is 35.5. The SMILES string of the molecule is Cc1ccc(NC(=O)C(C)OC(=O)c2cc(F)c(F)cc2Cl)cc1F. The first-order valence-corrected chi connectivity index (χ1v) is 7.49. The molecule has 2 rings (SSSR count). The molecule has 2 aromatic rings. The molecular formula is C17H13ClF3NO3. The maximum atomic E-state index is 13.5. The van der Waals surface area contributed by atoms with E-state index in [1.165, 1.54) is 19.1 Å². The molecular weight excluding hydrogens is 359 g/mol. The Kier molecular flexibility index (Phi) is 5.69. The molecule has 1 unspecified atom stereocenters. The van der Waals surface area contributed by atoms with E-state index in [9.17, 15) is 22.8 Å². The Bertz CT molecular complexity index is 842. The summed E-state index contributed by atoms with van der Waals surface area (Å²) in [4.78, 5) is 24.0. The molecule has 0 fully saturated rings. The van der Waals surface area contributed by atoms with E-state index in [0.717, 1.165) is 6.07 Å². The monoisotopic (exact) mass is 371 g/mol. The highest BCUT2D eigenvalue weighted by molar-refractivity contribution is 6.33. The lowest BCUT2D eigenvalue weighted by atomic mass is 10.2. The van der Waals surface area contributed by atoms with Crippen LogP contribution >= 0.6 is 11.6 Å². The lowest BCUT2D eigenvalue weighted by Crippen LogP contribution is -2.30. The summed E-state index contributed by atoms with van der Waals surface area (Å²) in [5, 5.41) is 2.03. The average molecular weight is 372 g/mol. The number of anilines is 1. The fourth-order valence-electron chi connectivity index (χ4n) is 1.87. The summed E-state index contributed by atoms with van der Waals surface area (Å²) < 4.78 is 44.6. The van der Waals surface area contributed by atoms with Gasteiger partial charge in [-0.3, -0.25) is 4.79 Å². The Balaban J connectivity index is 2.06. The van der Waals surface area contributed by atoms with Crippen LogP contribution in [0.1, 0.15) is 22.8 Å². The lowest BCUT2D eigenvalue weighted by Gasteiger charge is -2.14. The molecule has 0 saturated carbocycles. The molecule has 0 aliphatic carbocycles. The number of carbonyl (C=O) groups excluding carboxylic acids is 2. The quantitative estimate of drug-likeness (QED) is 0.645. The summed E-state index contributed by atoms with van der Waals surface area (Å²) in [7, 11) is 0. The van der Waals surface area contributed by atoms with Gasteiger partial charge in [0.1, 0.15) is 5.82 Å². The number of ether oxygens (including phenoxy) is 1. The predicted octanol–water partition coefficient (Wildman–Crippen LogP) is 4.25. The van der Waals surface area contributed by atoms with Crippen molar-refractivity contribution in [1.82, 2.24) is 0 Å². The number of benzene rings is 2. The minimum Gasteiger partial charge on any atom is -0.449 e. The van der Waals surface area contributed by atoms with Crippen molar-refractivity contribution in [3.05, 3.63) is 63.9 Å². The third-order valence-corrected chi connectivity index (χ3v) is 3.64. The van der Waals surface area contributed by atoms with Gasteiger partial charge in [0, 0.05) is 5.69 Å². The maximum Gasteiger partial charge on any atom is 0.340 e. The van der Waals surface area contributed by atoms with Gasteiger partial charge in [-0.25, -0.2) is 18.0 Å². The molecule has 0 radical (unpaired) electrons. The van der Waals surface area contributed by atoms with Gasteiger partial charge in [0.2, 0.25) is 0 Å². The second-order valence-corrected chi connectivity index (χ2v) is 5.65. The van der Waals surface area contributed by atoms with Crippen LogP contribution in [-0.2, 0) is 9.53 Å². The van der Waals surface area contributed by atoms with Gasteiger partial charge in [0.05, 0.1) is 10.6 Å². The van der Waals surface area contributed by atoms with Gasteiger partial charge in [-0.1, -0.05) is 17.7 Å². The standard InChI is InChI=1S/C17H13ClF3NO3/c1-8-3-4-10(5-13(8)19)22-16(23)9(2)25-17(24)11-6-14(20)15(21)7-12(11)18/h3-7,9H,1-2H3,(H,22,23). The van der Waals surface area contributed by atoms with Gasteiger partial charge in [0.25, 0.3) is 5.91 Å². The molecule has 2 aromatic carbocycles. The van der Waals surface area contributed by atoms with Crippen LogP contribution in [0.15, 0.2) is 30.3 Å². The highest BCUT2D eigenvalue weighted by Gasteiger charge is 2.22. The summed E-state index contributed by atoms with van der Waals surface area (Å²) in [5.74, 6) is -4.81. The van der Waals surface area contributed by atoms with Crippen LogP contribution in [0.4, 0.5) is 18.9 Å². The Hall–Kier alpha value is -2.54. The van der Waals surface area contributed by atoms with Crippen LogP contribution < -0.4 is 5.32 Å². The normalized spacial score (nSPS) is 11.8. The number of amides is 1. The van der Waals surface area contributed by atoms with E-state index in [4.69, 9.17) is 16.3 Å². The largest absolute Gasteiger partial charge is 0.449 e. The second-order valence-electron chi connectivity index (χ2n) is 5.25. The van der Waals surface area contributed by atoms with Gasteiger partial charge in [-0.05, 0) is 43.7 Å². The molecule has 0 aliphatic heterocycles. The van der Waals surface area contributed by atoms with E-state index in [0.29, 0.717) is 17.7 Å². The van der Waals surface area contributed by atoms with Crippen LogP contribution in [0.2, 0.25) is 5.02 Å². The van der Waals surface area contributed by atoms with Crippen LogP contribution in [-0.4, -0.2) is 18.0 Å². The molecule has 1 amide bonds. The summed E-state index contributed by atoms with van der Waals surface area (Å²) in [6.45, 7) is 2.84. The molecule has 0 spiro atoms. The first-order valence-electron chi connectivity index (χ1n) is 7.11. The van der Waals surface area contributed by atoms with Gasteiger partial charge in [0.15, 0.2) is 17.7 Å². The first-order chi connectivity index (χ1) is 11.7. The molecule has 0 saturated heterocycles. The van der Waals surface area contributed by atoms with Crippen molar-refractivity contribution < 1.29 is 27.5 Å². The minimum atomic E-state index is -1.28. The zero-order valence-electron chi connectivity index (χ0n) is 13.2. The van der Waals surface area contributed by atoms with Crippen LogP contribution in [0.5, 0.6) is 0 Å². The number of carbonyl (C=O) groups is 2. The van der Waals surface area contributed by atoms with Gasteiger partial charge in [-0.15, -0.1) is 0 Å². The fraction of sp³-hybridized carbons (Fsp3) is 0.176. The fourth-order valence-corrected chi connectivity index (χ4v) is 2.10. The van der Waals surface area contributed by atoms with E-state index in [1.807, 2.05) is 0 Å². The van der Waals surface area contributed by atoms with Crippen molar-refractivity contribution in [3.8, 4) is 0 Å². The first kappa shape index (κ1) is 18.8. The molecule has 1 atom stereocenters. The zero-order chi connectivity index (χ0) is 18.7. The molecule has 0 aromatic heterocycles. The average Bonchev–Trinajstić information content (AvgIpc) is 2.54. The van der Waals surface area contributed by atoms with E-state index in [-0.39, 0.29) is 10.7 Å². The molecule has 0 aliphatic rings. The van der Waals surface area contributed by atoms with Crippen molar-refractivity contribution in [2.45, 2.75) is 20.0 Å². The topological polar surface area (TPSA) is 55.4 Å². The van der Waals surface area contributed by atoms with Crippen LogP contribution in [0.3, 0.4) is 0 Å². The predicted molar refractivity (Wildman–Crippen MR) is 86.0 cm³/mol. The smallest absolute Gasteiger partial charge is 0.340 e. The minimum absolute atomic E-state index is 0.182. The third kappa shape index (κ3) is 4.51. The Morgan fingerprint density at radius 3 is 2.36 bits per heavy atom. The van der Waals surface area contributed by atoms with Gasteiger partial charge >= 0.3 is 5.97 Å². The molecule has 0 bridgehead atoms. The van der Waals surface area contributed by atoms with Crippen molar-refractivity contribution >= 4 is 29.2 Å². The van der Waals surface area contributed by atoms with E-state index in [1.54, 1.807) is 6.92 Å². The zero-order valence-corrected chi connectivity index (χ0v) is 14.0. The highest BCUT2D eigenvalue weighted by Crippen LogP contribution is 2.21. The number of halogens is 4. The maximum absolute atomic E-state index is 13.5. The van der Waals surface area contributed by atoms with Crippen LogP contribution in [0.25, 0.3) is 0 Å². The number of hydrogen-bond donors (Lipinski definition) is 1. The van der Waals surface area contributed by atoms with E-state index in [2.05, 4.69) is 5.32 Å². The summed E-state index contributed by atoms with van der Waals surface area (Å²) >= 11 is 5.67. The molecule has 8 heteroatoms. The molecule has 25 heavy (non-hydrogen) atoms. The summed E-state index contributed by atoms with van der Waals surface area (Å²) in [6.07, 6.45) is -1.28. The van der Waals surface area contributed by atoms with E-state index >= 15 is 0 Å². The number of rotatable bonds is 4. The molecule has 4 nitrogen and oxygen atoms in total. The number of esters is 1. The Labute approximate surface area is 146 Å². The molecule has 1 N–H and O–H groups in total. The van der Waals surface area contributed by atoms with Gasteiger partial charge < -0.3 is 10.1 Å². The number of aryl methyl sites for hydroxylation is 1. The van der Waals surface area contributed by atoms with Crippen molar-refractivity contribution in [1.29, 1.82) is 0 Å². The third-order valence-electron chi connectivity index (χ3n) is 3.32. The van der Waals surface area contributed by atoms with Crippen molar-refractivity contribution in [2.75, 3.05) is 5.32 Å². The Morgan fingerprint density at radius 2 is 1.72 bits per heavy atom. The summed E-state index contributed by atoms with van der Waals surface area (Å²) in [5.41, 5.74) is 0.175. The summed E-state index contributed by atoms with van der Waals surface area (Å²) in [6, 6.07) is 5.29. The molecule has 0 heterocycles. The molecule has 132 valence electrons. The Morgan fingerprint density at radius 1 is 1.08 bits per heavy atom. The van der Waals surface area contributed by atoms with Gasteiger partial charge in [-0.2, -0.15) is 0 Å². The number of hydrogen-bond acceptors (Lipinski definition) is 3. The van der Waals surface area contributed by atoms with Crippen molar-refractivity contribution in [3.63, 3.8) is 0 Å². The van der Waals surface area contributed by atoms with E-state index < -0.39 is 41.0 Å². The number of nitrogens with one attached hydrogen (secondary N) is 1. The van der Waals surface area contributed by atoms with Crippen molar-refractivity contribution in [2.24, 2.45) is 0 Å².